The van der Waals surface area contributed by atoms with Gasteiger partial charge in [0.15, 0.2) is 0 Å². The second-order valence-electron chi connectivity index (χ2n) is 4.84. The van der Waals surface area contributed by atoms with Crippen LogP contribution in [0.25, 0.3) is 0 Å². The third-order valence-corrected chi connectivity index (χ3v) is 3.88. The van der Waals surface area contributed by atoms with E-state index in [1.165, 1.54) is 0 Å². The SMILES string of the molecule is CN1CCN(C(=O)CNc2ccc(Br)cc2C#N)CC1. The molecule has 1 fully saturated rings. The van der Waals surface area contributed by atoms with Crippen LogP contribution in [0.3, 0.4) is 0 Å². The minimum absolute atomic E-state index is 0.0740. The summed E-state index contributed by atoms with van der Waals surface area (Å²) in [6.45, 7) is 3.58. The molecule has 1 saturated heterocycles. The van der Waals surface area contributed by atoms with Crippen LogP contribution in [0.15, 0.2) is 22.7 Å². The van der Waals surface area contributed by atoms with Crippen LogP contribution in [-0.4, -0.2) is 55.5 Å². The van der Waals surface area contributed by atoms with Crippen molar-refractivity contribution in [1.29, 1.82) is 5.26 Å². The lowest BCUT2D eigenvalue weighted by atomic mass is 10.2. The zero-order chi connectivity index (χ0) is 14.5. The molecule has 0 radical (unpaired) electrons. The largest absolute Gasteiger partial charge is 0.375 e. The highest BCUT2D eigenvalue weighted by atomic mass is 79.9. The monoisotopic (exact) mass is 336 g/mol. The number of likely N-dealkylation sites (N-methyl/N-ethyl adjacent to an activating group) is 1. The van der Waals surface area contributed by atoms with Crippen molar-refractivity contribution in [3.8, 4) is 6.07 Å². The van der Waals surface area contributed by atoms with Gasteiger partial charge in [-0.25, -0.2) is 0 Å². The molecule has 6 heteroatoms. The van der Waals surface area contributed by atoms with E-state index >= 15 is 0 Å². The van der Waals surface area contributed by atoms with Crippen LogP contribution in [0.1, 0.15) is 5.56 Å². The number of rotatable bonds is 3. The van der Waals surface area contributed by atoms with Crippen LogP contribution in [0.2, 0.25) is 0 Å². The number of halogens is 1. The van der Waals surface area contributed by atoms with Gasteiger partial charge in [0.05, 0.1) is 17.8 Å². The molecule has 5 nitrogen and oxygen atoms in total. The molecular formula is C14H17BrN4O. The zero-order valence-electron chi connectivity index (χ0n) is 11.4. The first-order valence-corrected chi connectivity index (χ1v) is 7.29. The van der Waals surface area contributed by atoms with E-state index in [0.29, 0.717) is 11.3 Å². The lowest BCUT2D eigenvalue weighted by molar-refractivity contribution is -0.130. The van der Waals surface area contributed by atoms with Crippen molar-refractivity contribution in [2.24, 2.45) is 0 Å². The highest BCUT2D eigenvalue weighted by Crippen LogP contribution is 2.20. The van der Waals surface area contributed by atoms with Gasteiger partial charge in [-0.2, -0.15) is 5.26 Å². The van der Waals surface area contributed by atoms with E-state index in [1.807, 2.05) is 11.0 Å². The lowest BCUT2D eigenvalue weighted by Gasteiger charge is -2.32. The van der Waals surface area contributed by atoms with E-state index in [4.69, 9.17) is 5.26 Å². The van der Waals surface area contributed by atoms with Gasteiger partial charge in [-0.05, 0) is 25.2 Å². The Hall–Kier alpha value is -1.58. The van der Waals surface area contributed by atoms with Crippen LogP contribution in [0, 0.1) is 11.3 Å². The number of nitrogens with zero attached hydrogens (tertiary/aromatic N) is 3. The maximum absolute atomic E-state index is 12.1. The maximum atomic E-state index is 12.1. The number of carbonyl (C=O) groups excluding carboxylic acids is 1. The second-order valence-corrected chi connectivity index (χ2v) is 5.76. The van der Waals surface area contributed by atoms with E-state index in [1.54, 1.807) is 12.1 Å². The van der Waals surface area contributed by atoms with Crippen LogP contribution >= 0.6 is 15.9 Å². The van der Waals surface area contributed by atoms with Crippen molar-refractivity contribution in [2.75, 3.05) is 45.1 Å². The highest BCUT2D eigenvalue weighted by Gasteiger charge is 2.18. The molecule has 20 heavy (non-hydrogen) atoms. The predicted octanol–water partition coefficient (Wildman–Crippen LogP) is 1.51. The first-order chi connectivity index (χ1) is 9.60. The molecule has 0 aliphatic carbocycles. The van der Waals surface area contributed by atoms with Crippen molar-refractivity contribution in [2.45, 2.75) is 0 Å². The molecule has 0 saturated carbocycles. The minimum atomic E-state index is 0.0740. The van der Waals surface area contributed by atoms with Gasteiger partial charge in [-0.3, -0.25) is 4.79 Å². The fourth-order valence-corrected chi connectivity index (χ4v) is 2.46. The predicted molar refractivity (Wildman–Crippen MR) is 81.4 cm³/mol. The van der Waals surface area contributed by atoms with Crippen molar-refractivity contribution in [3.63, 3.8) is 0 Å². The van der Waals surface area contributed by atoms with Crippen LogP contribution < -0.4 is 5.32 Å². The molecule has 0 bridgehead atoms. The first-order valence-electron chi connectivity index (χ1n) is 6.50. The first kappa shape index (κ1) is 14.8. The van der Waals surface area contributed by atoms with E-state index in [2.05, 4.69) is 39.3 Å². The molecule has 0 aromatic heterocycles. The quantitative estimate of drug-likeness (QED) is 0.908. The van der Waals surface area contributed by atoms with E-state index in [0.717, 1.165) is 30.7 Å². The Labute approximate surface area is 127 Å². The molecule has 1 N–H and O–H groups in total. The molecule has 1 aromatic carbocycles. The van der Waals surface area contributed by atoms with Crippen molar-refractivity contribution in [1.82, 2.24) is 9.80 Å². The number of nitriles is 1. The number of carbonyl (C=O) groups is 1. The van der Waals surface area contributed by atoms with E-state index < -0.39 is 0 Å². The second kappa shape index (κ2) is 6.73. The van der Waals surface area contributed by atoms with Gasteiger partial charge in [-0.15, -0.1) is 0 Å². The molecule has 106 valence electrons. The molecule has 0 atom stereocenters. The van der Waals surface area contributed by atoms with Crippen LogP contribution in [-0.2, 0) is 4.79 Å². The average Bonchev–Trinajstić information content (AvgIpc) is 2.46. The fraction of sp³-hybridized carbons (Fsp3) is 0.429. The number of hydrogen-bond acceptors (Lipinski definition) is 4. The Kier molecular flexibility index (Phi) is 4.99. The molecule has 1 amide bonds. The minimum Gasteiger partial charge on any atom is -0.375 e. The molecule has 0 spiro atoms. The van der Waals surface area contributed by atoms with Gasteiger partial charge in [0.1, 0.15) is 6.07 Å². The standard InChI is InChI=1S/C14H17BrN4O/c1-18-4-6-19(7-5-18)14(20)10-17-13-3-2-12(15)8-11(13)9-16/h2-3,8,17H,4-7,10H2,1H3. The fourth-order valence-electron chi connectivity index (χ4n) is 2.10. The molecule has 2 rings (SSSR count). The summed E-state index contributed by atoms with van der Waals surface area (Å²) < 4.78 is 0.852. The van der Waals surface area contributed by atoms with Crippen LogP contribution in [0.4, 0.5) is 5.69 Å². The Morgan fingerprint density at radius 1 is 1.40 bits per heavy atom. The van der Waals surface area contributed by atoms with Gasteiger partial charge < -0.3 is 15.1 Å². The number of amides is 1. The van der Waals surface area contributed by atoms with Gasteiger partial charge in [-0.1, -0.05) is 15.9 Å². The third-order valence-electron chi connectivity index (χ3n) is 3.39. The van der Waals surface area contributed by atoms with Crippen molar-refractivity contribution >= 4 is 27.5 Å². The van der Waals surface area contributed by atoms with Crippen LogP contribution in [0.5, 0.6) is 0 Å². The summed E-state index contributed by atoms with van der Waals surface area (Å²) in [4.78, 5) is 16.2. The number of anilines is 1. The van der Waals surface area contributed by atoms with Crippen molar-refractivity contribution < 1.29 is 4.79 Å². The normalized spacial score (nSPS) is 15.8. The Balaban J connectivity index is 1.92. The Bertz CT molecular complexity index is 532. The summed E-state index contributed by atoms with van der Waals surface area (Å²) in [5, 5.41) is 12.1. The number of piperazine rings is 1. The maximum Gasteiger partial charge on any atom is 0.241 e. The number of benzene rings is 1. The summed E-state index contributed by atoms with van der Waals surface area (Å²) in [5.74, 6) is 0.0740. The molecular weight excluding hydrogens is 320 g/mol. The average molecular weight is 337 g/mol. The van der Waals surface area contributed by atoms with Gasteiger partial charge in [0.2, 0.25) is 5.91 Å². The van der Waals surface area contributed by atoms with E-state index in [-0.39, 0.29) is 12.5 Å². The summed E-state index contributed by atoms with van der Waals surface area (Å²) in [6, 6.07) is 7.52. The molecule has 1 heterocycles. The van der Waals surface area contributed by atoms with Gasteiger partial charge in [0.25, 0.3) is 0 Å². The third kappa shape index (κ3) is 3.71. The van der Waals surface area contributed by atoms with E-state index in [9.17, 15) is 4.79 Å². The summed E-state index contributed by atoms with van der Waals surface area (Å²) in [5.41, 5.74) is 1.23. The smallest absolute Gasteiger partial charge is 0.241 e. The zero-order valence-corrected chi connectivity index (χ0v) is 13.0. The van der Waals surface area contributed by atoms with Gasteiger partial charge >= 0.3 is 0 Å². The van der Waals surface area contributed by atoms with Crippen molar-refractivity contribution in [3.05, 3.63) is 28.2 Å². The molecule has 1 aliphatic rings. The molecule has 1 aromatic rings. The Morgan fingerprint density at radius 2 is 2.10 bits per heavy atom. The summed E-state index contributed by atoms with van der Waals surface area (Å²) in [7, 11) is 2.06. The molecule has 0 unspecified atom stereocenters. The topological polar surface area (TPSA) is 59.4 Å². The number of hydrogen-bond donors (Lipinski definition) is 1. The lowest BCUT2D eigenvalue weighted by Crippen LogP contribution is -2.48. The molecule has 1 aliphatic heterocycles. The number of nitrogens with one attached hydrogen (secondary N) is 1. The highest BCUT2D eigenvalue weighted by molar-refractivity contribution is 9.10. The summed E-state index contributed by atoms with van der Waals surface area (Å²) in [6.07, 6.45) is 0. The summed E-state index contributed by atoms with van der Waals surface area (Å²) >= 11 is 3.33. The Morgan fingerprint density at radius 3 is 2.75 bits per heavy atom. The van der Waals surface area contributed by atoms with Gasteiger partial charge in [0, 0.05) is 30.7 Å².